The maximum absolute atomic E-state index is 5.53. The molecule has 1 saturated heterocycles. The zero-order valence-corrected chi connectivity index (χ0v) is 16.5. The Balaban J connectivity index is 0.00000240. The van der Waals surface area contributed by atoms with Gasteiger partial charge in [-0.2, -0.15) is 4.98 Å². The molecule has 1 aliphatic rings. The van der Waals surface area contributed by atoms with Gasteiger partial charge in [-0.1, -0.05) is 19.6 Å². The summed E-state index contributed by atoms with van der Waals surface area (Å²) in [5.74, 6) is 2.96. The van der Waals surface area contributed by atoms with Crippen LogP contribution in [0.4, 0.5) is 17.5 Å². The van der Waals surface area contributed by atoms with E-state index in [0.29, 0.717) is 5.75 Å². The van der Waals surface area contributed by atoms with Crippen molar-refractivity contribution in [3.63, 3.8) is 0 Å². The van der Waals surface area contributed by atoms with Crippen molar-refractivity contribution in [2.75, 3.05) is 57.7 Å². The molecule has 7 heteroatoms. The van der Waals surface area contributed by atoms with Crippen LogP contribution in [0, 0.1) is 0 Å². The molecule has 4 rings (SSSR count). The number of nitrogens with zero attached hydrogens (tertiary/aromatic N) is 4. The molecule has 1 N–H and O–H groups in total. The first kappa shape index (κ1) is 20.7. The highest BCUT2D eigenvalue weighted by Gasteiger charge is 2.19. The number of anilines is 3. The molecule has 3 aromatic rings. The van der Waals surface area contributed by atoms with E-state index >= 15 is 0 Å². The van der Waals surface area contributed by atoms with E-state index in [-0.39, 0.29) is 7.43 Å². The van der Waals surface area contributed by atoms with Crippen molar-refractivity contribution in [1.82, 2.24) is 14.9 Å². The molecule has 29 heavy (non-hydrogen) atoms. The van der Waals surface area contributed by atoms with Gasteiger partial charge in [0.25, 0.3) is 0 Å². The van der Waals surface area contributed by atoms with E-state index in [2.05, 4.69) is 22.2 Å². The largest absolute Gasteiger partial charge is 0.497 e. The molecule has 2 heterocycles. The minimum absolute atomic E-state index is 0. The van der Waals surface area contributed by atoms with Gasteiger partial charge in [0.15, 0.2) is 0 Å². The Morgan fingerprint density at radius 1 is 0.931 bits per heavy atom. The number of methoxy groups -OCH3 is 2. The van der Waals surface area contributed by atoms with Gasteiger partial charge in [0.1, 0.15) is 17.3 Å². The van der Waals surface area contributed by atoms with Crippen molar-refractivity contribution in [2.45, 2.75) is 7.43 Å². The smallest absolute Gasteiger partial charge is 0.227 e. The summed E-state index contributed by atoms with van der Waals surface area (Å²) in [5.41, 5.74) is 1.75. The zero-order valence-electron chi connectivity index (χ0n) is 16.5. The second-order valence-electron chi connectivity index (χ2n) is 6.87. The van der Waals surface area contributed by atoms with Gasteiger partial charge in [-0.3, -0.25) is 0 Å². The fourth-order valence-corrected chi connectivity index (χ4v) is 3.34. The number of hydrogen-bond donors (Lipinski definition) is 1. The molecular formula is C22H29N5O2. The van der Waals surface area contributed by atoms with E-state index in [1.807, 2.05) is 42.5 Å². The summed E-state index contributed by atoms with van der Waals surface area (Å²) in [5, 5.41) is 4.41. The first-order chi connectivity index (χ1) is 13.7. The van der Waals surface area contributed by atoms with E-state index in [1.54, 1.807) is 14.2 Å². The maximum atomic E-state index is 5.53. The van der Waals surface area contributed by atoms with E-state index in [0.717, 1.165) is 60.3 Å². The second kappa shape index (κ2) is 8.96. The molecule has 0 amide bonds. The third-order valence-electron chi connectivity index (χ3n) is 5.04. The number of nitrogens with one attached hydrogen (secondary N) is 1. The molecule has 0 bridgehead atoms. The molecule has 0 unspecified atom stereocenters. The summed E-state index contributed by atoms with van der Waals surface area (Å²) >= 11 is 0. The molecule has 0 atom stereocenters. The van der Waals surface area contributed by atoms with Gasteiger partial charge < -0.3 is 24.6 Å². The first-order valence-electron chi connectivity index (χ1n) is 9.37. The highest BCUT2D eigenvalue weighted by molar-refractivity contribution is 5.92. The number of likely N-dealkylation sites (N-methyl/N-ethyl adjacent to an activating group) is 1. The van der Waals surface area contributed by atoms with E-state index < -0.39 is 0 Å². The maximum Gasteiger partial charge on any atom is 0.227 e. The van der Waals surface area contributed by atoms with E-state index in [4.69, 9.17) is 19.4 Å². The number of aromatic nitrogens is 2. The molecule has 154 valence electrons. The third kappa shape index (κ3) is 4.35. The summed E-state index contributed by atoms with van der Waals surface area (Å²) in [7, 11) is 5.43. The first-order valence-corrected chi connectivity index (χ1v) is 9.37. The van der Waals surface area contributed by atoms with E-state index in [1.165, 1.54) is 0 Å². The van der Waals surface area contributed by atoms with Crippen LogP contribution in [0.5, 0.6) is 11.5 Å². The molecule has 0 radical (unpaired) electrons. The Kier molecular flexibility index (Phi) is 6.39. The number of rotatable bonds is 5. The van der Waals surface area contributed by atoms with Gasteiger partial charge in [-0.25, -0.2) is 4.98 Å². The van der Waals surface area contributed by atoms with Gasteiger partial charge in [0.2, 0.25) is 5.95 Å². The van der Waals surface area contributed by atoms with Crippen LogP contribution in [0.2, 0.25) is 0 Å². The number of benzene rings is 2. The predicted octanol–water partition coefficient (Wildman–Crippen LogP) is 3.78. The highest BCUT2D eigenvalue weighted by atomic mass is 16.5. The van der Waals surface area contributed by atoms with Crippen molar-refractivity contribution in [2.24, 2.45) is 0 Å². The monoisotopic (exact) mass is 395 g/mol. The van der Waals surface area contributed by atoms with Crippen molar-refractivity contribution in [3.8, 4) is 11.5 Å². The molecule has 0 spiro atoms. The number of ether oxygens (including phenoxy) is 2. The molecule has 7 nitrogen and oxygen atoms in total. The standard InChI is InChI=1S/C21H25N5O2.CH4/c1-25-10-12-26(13-11-25)21-23-17-7-5-4-6-16(17)20(24-21)22-18-9-8-15(27-2)14-19(18)28-3;/h4-9,14H,10-13H2,1-3H3,(H,22,23,24);1H4. The topological polar surface area (TPSA) is 62.8 Å². The van der Waals surface area contributed by atoms with Crippen LogP contribution >= 0.6 is 0 Å². The zero-order chi connectivity index (χ0) is 19.5. The van der Waals surface area contributed by atoms with Crippen LogP contribution in [-0.4, -0.2) is 62.3 Å². The summed E-state index contributed by atoms with van der Waals surface area (Å²) in [6.45, 7) is 3.84. The van der Waals surface area contributed by atoms with Gasteiger partial charge in [-0.05, 0) is 31.3 Å². The van der Waals surface area contributed by atoms with Crippen molar-refractivity contribution in [3.05, 3.63) is 42.5 Å². The van der Waals surface area contributed by atoms with Crippen molar-refractivity contribution in [1.29, 1.82) is 0 Å². The lowest BCUT2D eigenvalue weighted by molar-refractivity contribution is 0.311. The lowest BCUT2D eigenvalue weighted by Gasteiger charge is -2.32. The Hall–Kier alpha value is -3.06. The number of fused-ring (bicyclic) bond motifs is 1. The molecule has 1 aromatic heterocycles. The number of piperazine rings is 1. The van der Waals surface area contributed by atoms with Crippen LogP contribution in [0.3, 0.4) is 0 Å². The molecule has 2 aromatic carbocycles. The van der Waals surface area contributed by atoms with Crippen LogP contribution in [0.1, 0.15) is 7.43 Å². The number of hydrogen-bond acceptors (Lipinski definition) is 7. The van der Waals surface area contributed by atoms with Crippen LogP contribution < -0.4 is 19.7 Å². The minimum Gasteiger partial charge on any atom is -0.497 e. The van der Waals surface area contributed by atoms with Crippen molar-refractivity contribution < 1.29 is 9.47 Å². The quantitative estimate of drug-likeness (QED) is 0.705. The van der Waals surface area contributed by atoms with Gasteiger partial charge in [0, 0.05) is 37.6 Å². The normalized spacial score (nSPS) is 14.4. The Morgan fingerprint density at radius 3 is 2.41 bits per heavy atom. The van der Waals surface area contributed by atoms with Crippen LogP contribution in [0.15, 0.2) is 42.5 Å². The van der Waals surface area contributed by atoms with Gasteiger partial charge in [0.05, 0.1) is 25.4 Å². The van der Waals surface area contributed by atoms with Gasteiger partial charge >= 0.3 is 0 Å². The Labute approximate surface area is 172 Å². The summed E-state index contributed by atoms with van der Waals surface area (Å²) < 4.78 is 10.8. The SMILES string of the molecule is C.COc1ccc(Nc2nc(N3CCN(C)CC3)nc3ccccc23)c(OC)c1. The summed E-state index contributed by atoms with van der Waals surface area (Å²) in [6, 6.07) is 13.7. The predicted molar refractivity (Wildman–Crippen MR) is 119 cm³/mol. The molecule has 0 saturated carbocycles. The fraction of sp³-hybridized carbons (Fsp3) is 0.364. The Bertz CT molecular complexity index is 971. The molecular weight excluding hydrogens is 366 g/mol. The average Bonchev–Trinajstić information content (AvgIpc) is 2.74. The molecule has 1 aliphatic heterocycles. The molecule has 0 aliphatic carbocycles. The fourth-order valence-electron chi connectivity index (χ4n) is 3.34. The lowest BCUT2D eigenvalue weighted by atomic mass is 10.2. The average molecular weight is 396 g/mol. The lowest BCUT2D eigenvalue weighted by Crippen LogP contribution is -2.45. The summed E-state index contributed by atoms with van der Waals surface area (Å²) in [6.07, 6.45) is 0. The van der Waals surface area contributed by atoms with Gasteiger partial charge in [-0.15, -0.1) is 0 Å². The molecule has 1 fully saturated rings. The highest BCUT2D eigenvalue weighted by Crippen LogP contribution is 2.33. The van der Waals surface area contributed by atoms with E-state index in [9.17, 15) is 0 Å². The van der Waals surface area contributed by atoms with Crippen LogP contribution in [0.25, 0.3) is 10.9 Å². The van der Waals surface area contributed by atoms with Crippen LogP contribution in [-0.2, 0) is 0 Å². The number of para-hydroxylation sites is 1. The van der Waals surface area contributed by atoms with Crippen molar-refractivity contribution >= 4 is 28.4 Å². The Morgan fingerprint density at radius 2 is 1.69 bits per heavy atom. The second-order valence-corrected chi connectivity index (χ2v) is 6.87. The minimum atomic E-state index is 0. The summed E-state index contributed by atoms with van der Waals surface area (Å²) in [4.78, 5) is 14.2. The third-order valence-corrected chi connectivity index (χ3v) is 5.04.